The maximum absolute atomic E-state index is 6.52. The van der Waals surface area contributed by atoms with E-state index in [2.05, 4.69) is 145 Å². The number of hydrogen-bond donors (Lipinski definition) is 0. The van der Waals surface area contributed by atoms with Crippen molar-refractivity contribution >= 4 is 45.7 Å². The zero-order valence-electron chi connectivity index (χ0n) is 34.2. The van der Waals surface area contributed by atoms with Crippen molar-refractivity contribution < 1.29 is 21.8 Å². The molecule has 4 nitrogen and oxygen atoms in total. The Labute approximate surface area is 347 Å². The van der Waals surface area contributed by atoms with Gasteiger partial charge in [0.15, 0.2) is 0 Å². The van der Waals surface area contributed by atoms with Crippen LogP contribution in [0.15, 0.2) is 108 Å². The number of ether oxygens (including phenoxy) is 1. The van der Waals surface area contributed by atoms with E-state index in [1.807, 2.05) is 0 Å². The molecule has 4 saturated carbocycles. The maximum atomic E-state index is 6.52. The zero-order valence-corrected chi connectivity index (χ0v) is 36.2. The second-order valence-corrected chi connectivity index (χ2v) is 20.2. The fourth-order valence-electron chi connectivity index (χ4n) is 10.8. The smallest absolute Gasteiger partial charge is 0.657 e. The van der Waals surface area contributed by atoms with Crippen molar-refractivity contribution in [2.75, 3.05) is 13.2 Å². The summed E-state index contributed by atoms with van der Waals surface area (Å²) in [5.41, 5.74) is 11.5. The molecule has 1 aliphatic heterocycles. The van der Waals surface area contributed by atoms with E-state index in [4.69, 9.17) is 20.1 Å². The Kier molecular flexibility index (Phi) is 12.4. The van der Waals surface area contributed by atoms with E-state index in [0.29, 0.717) is 0 Å². The van der Waals surface area contributed by atoms with Gasteiger partial charge in [0.2, 0.25) is 0 Å². The quantitative estimate of drug-likeness (QED) is 0.114. The van der Waals surface area contributed by atoms with Crippen LogP contribution in [-0.4, -0.2) is 18.8 Å². The van der Waals surface area contributed by atoms with Crippen LogP contribution in [0.4, 0.5) is 22.7 Å². The molecule has 1 saturated heterocycles. The van der Waals surface area contributed by atoms with Crippen LogP contribution < -0.4 is 15.9 Å². The number of para-hydroxylation sites is 2. The third-order valence-electron chi connectivity index (χ3n) is 12.5. The van der Waals surface area contributed by atoms with Crippen molar-refractivity contribution in [1.29, 1.82) is 0 Å². The molecule has 0 aromatic heterocycles. The van der Waals surface area contributed by atoms with E-state index in [9.17, 15) is 0 Å². The number of nitrogens with zero attached hydrogens (tertiary/aromatic N) is 3. The molecule has 56 heavy (non-hydrogen) atoms. The van der Waals surface area contributed by atoms with Crippen molar-refractivity contribution in [3.05, 3.63) is 147 Å². The SMILES string of the molecule is C1CCOC1.Cc1cc(C)c([N-]c2ccccc2P(=NC23CC4CC(CC(C4)C2)C3)(c2ccccc2)c2ccccc2[N-]c2c(C)cc(C)cc2C)c(C)c1.[Fe+2]. The van der Waals surface area contributed by atoms with Crippen LogP contribution >= 0.6 is 7.05 Å². The van der Waals surface area contributed by atoms with Gasteiger partial charge in [-0.2, -0.15) is 0 Å². The number of hydrogen-bond acceptors (Lipinski definition) is 2. The second kappa shape index (κ2) is 17.1. The molecule has 1 heterocycles. The van der Waals surface area contributed by atoms with Crippen LogP contribution in [0.3, 0.4) is 0 Å². The van der Waals surface area contributed by atoms with Crippen molar-refractivity contribution in [3.8, 4) is 0 Å². The second-order valence-electron chi connectivity index (χ2n) is 17.2. The van der Waals surface area contributed by atoms with E-state index >= 15 is 0 Å². The van der Waals surface area contributed by atoms with Gasteiger partial charge in [-0.05, 0) is 121 Å². The fourth-order valence-corrected chi connectivity index (χ4v) is 15.0. The predicted octanol–water partition coefficient (Wildman–Crippen LogP) is 13.5. The molecule has 0 radical (unpaired) electrons. The third kappa shape index (κ3) is 8.21. The maximum Gasteiger partial charge on any atom is 2.00 e. The first-order chi connectivity index (χ1) is 26.6. The van der Waals surface area contributed by atoms with Gasteiger partial charge in [0.25, 0.3) is 0 Å². The summed E-state index contributed by atoms with van der Waals surface area (Å²) in [7, 11) is -2.69. The summed E-state index contributed by atoms with van der Waals surface area (Å²) in [6, 6.07) is 38.2. The minimum atomic E-state index is -2.69. The Morgan fingerprint density at radius 2 is 0.946 bits per heavy atom. The van der Waals surface area contributed by atoms with Crippen LogP contribution in [0.25, 0.3) is 10.6 Å². The van der Waals surface area contributed by atoms with Gasteiger partial charge >= 0.3 is 17.1 Å². The van der Waals surface area contributed by atoms with Gasteiger partial charge in [-0.1, -0.05) is 137 Å². The molecule has 10 rings (SSSR count). The minimum Gasteiger partial charge on any atom is -0.657 e. The average Bonchev–Trinajstić information content (AvgIpc) is 3.75. The molecule has 4 bridgehead atoms. The summed E-state index contributed by atoms with van der Waals surface area (Å²) in [4.78, 5) is 0. The number of aryl methyl sites for hydroxylation is 6. The molecular weight excluding hydrogens is 745 g/mol. The largest absolute Gasteiger partial charge is 2.00 e. The van der Waals surface area contributed by atoms with Crippen LogP contribution in [0, 0.1) is 59.3 Å². The van der Waals surface area contributed by atoms with Gasteiger partial charge in [0.1, 0.15) is 0 Å². The molecule has 5 fully saturated rings. The first-order valence-electron chi connectivity index (χ1n) is 20.7. The molecule has 0 spiro atoms. The third-order valence-corrected chi connectivity index (χ3v) is 16.4. The summed E-state index contributed by atoms with van der Waals surface area (Å²) in [6.07, 6.45) is 10.3. The van der Waals surface area contributed by atoms with Crippen LogP contribution in [0.2, 0.25) is 0 Å². The van der Waals surface area contributed by atoms with Gasteiger partial charge in [-0.3, -0.25) is 4.74 Å². The van der Waals surface area contributed by atoms with Gasteiger partial charge in [-0.15, -0.1) is 22.7 Å². The molecule has 0 N–H and O–H groups in total. The van der Waals surface area contributed by atoms with E-state index < -0.39 is 7.05 Å². The molecule has 0 atom stereocenters. The standard InChI is InChI=1S/C46H50N3P.C4H8O.Fe/c1-30-20-32(3)44(33(4)21-30)47-40-16-10-12-18-42(40)50(39-14-8-7-9-15-39,49-46-27-36-24-37(28-46)26-38(25-36)29-46)43-19-13-11-17-41(43)48-45-34(5)22-31(2)23-35(45)6;1-2-4-5-3-1;/h7-23,36-38H,24-29H2,1-6H3;1-4H2;/q-2;;+2. The topological polar surface area (TPSA) is 49.8 Å². The van der Waals surface area contributed by atoms with E-state index in [-0.39, 0.29) is 22.6 Å². The predicted molar refractivity (Wildman–Crippen MR) is 235 cm³/mol. The van der Waals surface area contributed by atoms with Gasteiger partial charge in [-0.25, -0.2) is 0 Å². The average molecular weight is 804 g/mol. The molecule has 5 aromatic rings. The summed E-state index contributed by atoms with van der Waals surface area (Å²) >= 11 is 0. The number of rotatable bonds is 8. The summed E-state index contributed by atoms with van der Waals surface area (Å²) < 4.78 is 11.5. The first-order valence-corrected chi connectivity index (χ1v) is 22.4. The normalized spacial score (nSPS) is 22.1. The molecule has 4 aliphatic carbocycles. The van der Waals surface area contributed by atoms with Crippen LogP contribution in [0.5, 0.6) is 0 Å². The summed E-state index contributed by atoms with van der Waals surface area (Å²) in [5, 5.41) is 14.9. The molecule has 292 valence electrons. The fraction of sp³-hybridized carbons (Fsp3) is 0.400. The van der Waals surface area contributed by atoms with E-state index in [0.717, 1.165) is 53.7 Å². The molecule has 5 aliphatic rings. The Bertz CT molecular complexity index is 2030. The van der Waals surface area contributed by atoms with Crippen molar-refractivity contribution in [1.82, 2.24) is 0 Å². The zero-order chi connectivity index (χ0) is 38.2. The Morgan fingerprint density at radius 1 is 0.554 bits per heavy atom. The van der Waals surface area contributed by atoms with Gasteiger partial charge in [0.05, 0.1) is 12.6 Å². The Morgan fingerprint density at radius 3 is 1.34 bits per heavy atom. The Hall–Kier alpha value is -3.59. The molecule has 6 heteroatoms. The van der Waals surface area contributed by atoms with Gasteiger partial charge in [0, 0.05) is 18.5 Å². The molecule has 0 amide bonds. The molecule has 0 unspecified atom stereocenters. The Balaban J connectivity index is 0.000000744. The minimum absolute atomic E-state index is 0. The summed E-state index contributed by atoms with van der Waals surface area (Å²) in [6.45, 7) is 15.1. The monoisotopic (exact) mass is 803 g/mol. The first kappa shape index (κ1) is 40.6. The van der Waals surface area contributed by atoms with E-state index in [1.165, 1.54) is 101 Å². The van der Waals surface area contributed by atoms with Crippen LogP contribution in [0.1, 0.15) is 84.7 Å². The van der Waals surface area contributed by atoms with Crippen molar-refractivity contribution in [2.45, 2.75) is 98.4 Å². The van der Waals surface area contributed by atoms with Crippen molar-refractivity contribution in [2.24, 2.45) is 22.5 Å². The molecular formula is C50H58FeN3OP. The van der Waals surface area contributed by atoms with Gasteiger partial charge < -0.3 is 15.4 Å². The summed E-state index contributed by atoms with van der Waals surface area (Å²) in [5.74, 6) is 2.37. The van der Waals surface area contributed by atoms with E-state index in [1.54, 1.807) is 0 Å². The van der Waals surface area contributed by atoms with Crippen molar-refractivity contribution in [3.63, 3.8) is 0 Å². The molecule has 5 aromatic carbocycles. The number of benzene rings is 5. The van der Waals surface area contributed by atoms with Crippen LogP contribution in [-0.2, 0) is 21.8 Å².